The van der Waals surface area contributed by atoms with Gasteiger partial charge in [-0.15, -0.1) is 0 Å². The molecule has 11 heteroatoms. The van der Waals surface area contributed by atoms with Crippen LogP contribution in [0.5, 0.6) is 0 Å². The molecule has 5 rings (SSSR count). The van der Waals surface area contributed by atoms with E-state index in [1.165, 1.54) is 23.1 Å². The molecule has 0 aromatic heterocycles. The van der Waals surface area contributed by atoms with Gasteiger partial charge in [0, 0.05) is 39.6 Å². The van der Waals surface area contributed by atoms with Crippen molar-refractivity contribution in [3.8, 4) is 0 Å². The van der Waals surface area contributed by atoms with Crippen LogP contribution in [0.25, 0.3) is 0 Å². The van der Waals surface area contributed by atoms with Crippen LogP contribution in [-0.4, -0.2) is 43.8 Å². The van der Waals surface area contributed by atoms with Crippen LogP contribution in [0, 0.1) is 13.8 Å². The van der Waals surface area contributed by atoms with Gasteiger partial charge in [0.2, 0.25) is 11.8 Å². The predicted molar refractivity (Wildman–Crippen MR) is 193 cm³/mol. The van der Waals surface area contributed by atoms with Crippen LogP contribution in [0.4, 0.5) is 5.69 Å². The number of rotatable bonds is 12. The molecule has 252 valence electrons. The smallest absolute Gasteiger partial charge is 0.264 e. The first-order chi connectivity index (χ1) is 22.9. The van der Waals surface area contributed by atoms with Gasteiger partial charge in [-0.25, -0.2) is 8.42 Å². The Hall–Kier alpha value is -3.56. The molecule has 1 atom stereocenters. The Kier molecular flexibility index (Phi) is 11.7. The summed E-state index contributed by atoms with van der Waals surface area (Å²) in [5, 5.41) is 4.12. The van der Waals surface area contributed by atoms with Gasteiger partial charge in [-0.2, -0.15) is 0 Å². The van der Waals surface area contributed by atoms with Crippen molar-refractivity contribution in [3.05, 3.63) is 128 Å². The minimum atomic E-state index is -4.28. The molecule has 0 unspecified atom stereocenters. The molecular weight excluding hydrogens is 689 g/mol. The number of sulfonamides is 1. The molecule has 4 aromatic carbocycles. The van der Waals surface area contributed by atoms with Crippen molar-refractivity contribution in [1.29, 1.82) is 0 Å². The van der Waals surface area contributed by atoms with Gasteiger partial charge in [0.25, 0.3) is 10.0 Å². The standard InChI is InChI=1S/C37H38Cl3N3O4S/c1-25-15-19-30(20-16-25)48(46,47)43(34-22-28(38)18-17-26(34)2)24-36(44)42(23-31-32(39)13-8-14-33(31)40)35(21-27-9-4-3-5-10-27)37(45)41-29-11-6-7-12-29/h3-5,8-10,13-20,22,29,35H,6-7,11-12,21,23-24H2,1-2H3,(H,41,45)/t35-/m0/s1. The molecule has 0 aliphatic heterocycles. The van der Waals surface area contributed by atoms with Crippen molar-refractivity contribution in [3.63, 3.8) is 0 Å². The highest BCUT2D eigenvalue weighted by Gasteiger charge is 2.36. The number of carbonyl (C=O) groups is 2. The lowest BCUT2D eigenvalue weighted by Crippen LogP contribution is -2.54. The van der Waals surface area contributed by atoms with Crippen LogP contribution < -0.4 is 9.62 Å². The number of hydrogen-bond acceptors (Lipinski definition) is 4. The number of halogens is 3. The Morgan fingerprint density at radius 3 is 2.15 bits per heavy atom. The molecule has 1 fully saturated rings. The maximum absolute atomic E-state index is 14.8. The van der Waals surface area contributed by atoms with E-state index in [4.69, 9.17) is 34.8 Å². The quantitative estimate of drug-likeness (QED) is 0.160. The van der Waals surface area contributed by atoms with Gasteiger partial charge in [0.05, 0.1) is 10.6 Å². The Morgan fingerprint density at radius 2 is 1.50 bits per heavy atom. The summed E-state index contributed by atoms with van der Waals surface area (Å²) in [6.45, 7) is 2.88. The molecule has 0 spiro atoms. The molecule has 4 aromatic rings. The van der Waals surface area contributed by atoms with Gasteiger partial charge in [0.1, 0.15) is 12.6 Å². The molecule has 48 heavy (non-hydrogen) atoms. The summed E-state index contributed by atoms with van der Waals surface area (Å²) < 4.78 is 29.8. The molecule has 0 heterocycles. The zero-order chi connectivity index (χ0) is 34.4. The fourth-order valence-corrected chi connectivity index (χ4v) is 8.13. The summed E-state index contributed by atoms with van der Waals surface area (Å²) in [6.07, 6.45) is 3.91. The SMILES string of the molecule is Cc1ccc(S(=O)(=O)N(CC(=O)N(Cc2c(Cl)cccc2Cl)[C@@H](Cc2ccccc2)C(=O)NC2CCCC2)c2cc(Cl)ccc2C)cc1. The van der Waals surface area contributed by atoms with E-state index in [-0.39, 0.29) is 35.5 Å². The molecule has 0 saturated heterocycles. The first-order valence-corrected chi connectivity index (χ1v) is 18.4. The highest BCUT2D eigenvalue weighted by atomic mass is 35.5. The van der Waals surface area contributed by atoms with Crippen LogP contribution in [0.1, 0.15) is 47.9 Å². The molecule has 2 amide bonds. The Bertz CT molecular complexity index is 1840. The summed E-state index contributed by atoms with van der Waals surface area (Å²) in [6, 6.07) is 24.7. The lowest BCUT2D eigenvalue weighted by molar-refractivity contribution is -0.140. The van der Waals surface area contributed by atoms with E-state index in [1.54, 1.807) is 49.4 Å². The van der Waals surface area contributed by atoms with Crippen LogP contribution in [0.15, 0.2) is 95.9 Å². The van der Waals surface area contributed by atoms with Crippen LogP contribution >= 0.6 is 34.8 Å². The van der Waals surface area contributed by atoms with Gasteiger partial charge < -0.3 is 10.2 Å². The molecule has 0 bridgehead atoms. The zero-order valence-electron chi connectivity index (χ0n) is 26.8. The first kappa shape index (κ1) is 35.7. The molecular formula is C37H38Cl3N3O4S. The third-order valence-electron chi connectivity index (χ3n) is 8.69. The van der Waals surface area contributed by atoms with E-state index in [2.05, 4.69) is 5.32 Å². The highest BCUT2D eigenvalue weighted by molar-refractivity contribution is 7.92. The third-order valence-corrected chi connectivity index (χ3v) is 11.4. The Balaban J connectivity index is 1.62. The molecule has 1 aliphatic rings. The van der Waals surface area contributed by atoms with Crippen molar-refractivity contribution in [2.75, 3.05) is 10.8 Å². The molecule has 1 N–H and O–H groups in total. The van der Waals surface area contributed by atoms with Crippen LogP contribution in [-0.2, 0) is 32.6 Å². The summed E-state index contributed by atoms with van der Waals surface area (Å²) in [5.41, 5.74) is 3.02. The minimum absolute atomic E-state index is 0.0100. The van der Waals surface area contributed by atoms with E-state index in [9.17, 15) is 18.0 Å². The maximum atomic E-state index is 14.8. The minimum Gasteiger partial charge on any atom is -0.352 e. The fourth-order valence-electron chi connectivity index (χ4n) is 5.98. The average Bonchev–Trinajstić information content (AvgIpc) is 3.57. The molecule has 1 saturated carbocycles. The molecule has 7 nitrogen and oxygen atoms in total. The molecule has 0 radical (unpaired) electrons. The van der Waals surface area contributed by atoms with Gasteiger partial charge in [-0.1, -0.05) is 108 Å². The van der Waals surface area contributed by atoms with Crippen molar-refractivity contribution in [2.45, 2.75) is 69.5 Å². The second-order valence-corrected chi connectivity index (χ2v) is 15.3. The topological polar surface area (TPSA) is 86.8 Å². The van der Waals surface area contributed by atoms with E-state index in [0.29, 0.717) is 26.2 Å². The summed E-state index contributed by atoms with van der Waals surface area (Å²) in [5.74, 6) is -0.933. The summed E-state index contributed by atoms with van der Waals surface area (Å²) in [7, 11) is -4.28. The lowest BCUT2D eigenvalue weighted by Gasteiger charge is -2.35. The van der Waals surface area contributed by atoms with Gasteiger partial charge >= 0.3 is 0 Å². The number of aryl methyl sites for hydroxylation is 2. The van der Waals surface area contributed by atoms with Crippen molar-refractivity contribution >= 4 is 62.3 Å². The van der Waals surface area contributed by atoms with E-state index >= 15 is 0 Å². The predicted octanol–water partition coefficient (Wildman–Crippen LogP) is 8.16. The maximum Gasteiger partial charge on any atom is 0.264 e. The van der Waals surface area contributed by atoms with Crippen LogP contribution in [0.2, 0.25) is 15.1 Å². The van der Waals surface area contributed by atoms with E-state index in [1.807, 2.05) is 37.3 Å². The highest BCUT2D eigenvalue weighted by Crippen LogP contribution is 2.32. The summed E-state index contributed by atoms with van der Waals surface area (Å²) in [4.78, 5) is 30.4. The number of amides is 2. The van der Waals surface area contributed by atoms with E-state index in [0.717, 1.165) is 41.1 Å². The average molecular weight is 727 g/mol. The number of hydrogen-bond donors (Lipinski definition) is 1. The first-order valence-electron chi connectivity index (χ1n) is 15.9. The van der Waals surface area contributed by atoms with Gasteiger partial charge in [-0.05, 0) is 74.2 Å². The lowest BCUT2D eigenvalue weighted by atomic mass is 10.0. The van der Waals surface area contributed by atoms with Crippen molar-refractivity contribution < 1.29 is 18.0 Å². The number of carbonyl (C=O) groups excluding carboxylic acids is 2. The monoisotopic (exact) mass is 725 g/mol. The molecule has 1 aliphatic carbocycles. The number of benzene rings is 4. The Labute approximate surface area is 297 Å². The fraction of sp³-hybridized carbons (Fsp3) is 0.297. The second kappa shape index (κ2) is 15.8. The largest absolute Gasteiger partial charge is 0.352 e. The third kappa shape index (κ3) is 8.53. The second-order valence-electron chi connectivity index (χ2n) is 12.2. The summed E-state index contributed by atoms with van der Waals surface area (Å²) >= 11 is 19.6. The van der Waals surface area contributed by atoms with Crippen molar-refractivity contribution in [2.24, 2.45) is 0 Å². The van der Waals surface area contributed by atoms with E-state index < -0.39 is 28.5 Å². The van der Waals surface area contributed by atoms with Gasteiger partial charge in [0.15, 0.2) is 0 Å². The number of nitrogens with zero attached hydrogens (tertiary/aromatic N) is 2. The normalized spacial score (nSPS) is 14.0. The zero-order valence-corrected chi connectivity index (χ0v) is 29.9. The number of nitrogens with one attached hydrogen (secondary N) is 1. The van der Waals surface area contributed by atoms with Crippen LogP contribution in [0.3, 0.4) is 0 Å². The Morgan fingerprint density at radius 1 is 0.854 bits per heavy atom. The van der Waals surface area contributed by atoms with Crippen molar-refractivity contribution in [1.82, 2.24) is 10.2 Å². The van der Waals surface area contributed by atoms with Gasteiger partial charge in [-0.3, -0.25) is 13.9 Å². The number of anilines is 1.